The minimum Gasteiger partial charge on any atom is -0.489 e. The minimum atomic E-state index is -4.79. The van der Waals surface area contributed by atoms with Gasteiger partial charge in [0.2, 0.25) is 5.91 Å². The number of aromatic nitrogens is 2. The first kappa shape index (κ1) is 33.3. The van der Waals surface area contributed by atoms with E-state index in [0.717, 1.165) is 18.5 Å². The lowest BCUT2D eigenvalue weighted by molar-refractivity contribution is -0.137. The van der Waals surface area contributed by atoms with Crippen LogP contribution in [-0.4, -0.2) is 65.1 Å². The van der Waals surface area contributed by atoms with Gasteiger partial charge in [0.25, 0.3) is 5.91 Å². The number of carbonyl (C=O) groups excluding carboxylic acids is 3. The van der Waals surface area contributed by atoms with E-state index < -0.39 is 35.2 Å². The quantitative estimate of drug-likeness (QED) is 0.303. The molecular weight excluding hydrogens is 545 g/mol. The molecule has 11 nitrogen and oxygen atoms in total. The molecule has 1 aromatic heterocycles. The molecule has 0 bridgehead atoms. The van der Waals surface area contributed by atoms with Crippen molar-refractivity contribution in [3.63, 3.8) is 0 Å². The standard InChI is InChI=1S/C27H37F3N6O5/c1-17-13-21(33-16-32-17)24(38)35-20-15-18(27(28,29)30)14-19(34-22(37)9-6-7-10-31)23(20)40-12-8-11-36(5)25(39)41-26(2,3)4/h13-16H,6-12,31H2,1-5H3,(H,34,37)(H,35,38). The number of anilines is 2. The molecule has 0 aliphatic carbocycles. The lowest BCUT2D eigenvalue weighted by Gasteiger charge is -2.25. The van der Waals surface area contributed by atoms with Crippen molar-refractivity contribution < 1.29 is 37.0 Å². The highest BCUT2D eigenvalue weighted by atomic mass is 19.4. The molecule has 0 saturated carbocycles. The van der Waals surface area contributed by atoms with Crippen LogP contribution in [0.3, 0.4) is 0 Å². The summed E-state index contributed by atoms with van der Waals surface area (Å²) >= 11 is 0. The number of alkyl halides is 3. The third-order valence-corrected chi connectivity index (χ3v) is 5.42. The van der Waals surface area contributed by atoms with Gasteiger partial charge >= 0.3 is 12.3 Å². The van der Waals surface area contributed by atoms with E-state index in [2.05, 4.69) is 20.6 Å². The van der Waals surface area contributed by atoms with Crippen molar-refractivity contribution in [3.8, 4) is 5.75 Å². The average molecular weight is 583 g/mol. The maximum absolute atomic E-state index is 13.8. The number of hydrogen-bond donors (Lipinski definition) is 3. The first-order valence-corrected chi connectivity index (χ1v) is 13.0. The highest BCUT2D eigenvalue weighted by Crippen LogP contribution is 2.41. The zero-order chi connectivity index (χ0) is 30.8. The minimum absolute atomic E-state index is 0.0233. The van der Waals surface area contributed by atoms with Gasteiger partial charge in [-0.2, -0.15) is 13.2 Å². The van der Waals surface area contributed by atoms with Crippen molar-refractivity contribution >= 4 is 29.3 Å². The van der Waals surface area contributed by atoms with Crippen LogP contribution in [0.1, 0.15) is 68.2 Å². The zero-order valence-electron chi connectivity index (χ0n) is 23.9. The Morgan fingerprint density at radius 1 is 1.00 bits per heavy atom. The first-order valence-electron chi connectivity index (χ1n) is 13.0. The SMILES string of the molecule is Cc1cc(C(=O)Nc2cc(C(F)(F)F)cc(NC(=O)CCCCN)c2OCCCN(C)C(=O)OC(C)(C)C)ncn1. The highest BCUT2D eigenvalue weighted by molar-refractivity contribution is 6.05. The first-order chi connectivity index (χ1) is 19.1. The molecule has 0 fully saturated rings. The number of halogens is 3. The summed E-state index contributed by atoms with van der Waals surface area (Å²) in [5.74, 6) is -1.52. The Labute approximate surface area is 237 Å². The molecule has 2 rings (SSSR count). The molecule has 4 N–H and O–H groups in total. The fourth-order valence-electron chi connectivity index (χ4n) is 3.45. The van der Waals surface area contributed by atoms with Gasteiger partial charge in [0, 0.05) is 25.7 Å². The molecule has 0 radical (unpaired) electrons. The number of amides is 3. The molecule has 0 saturated heterocycles. The molecule has 0 atom stereocenters. The van der Waals surface area contributed by atoms with Gasteiger partial charge < -0.3 is 30.7 Å². The lowest BCUT2D eigenvalue weighted by Crippen LogP contribution is -2.35. The number of hydrogen-bond acceptors (Lipinski definition) is 8. The Bertz CT molecular complexity index is 1220. The summed E-state index contributed by atoms with van der Waals surface area (Å²) in [6.07, 6.45) is -2.91. The number of nitrogens with two attached hydrogens (primary N) is 1. The summed E-state index contributed by atoms with van der Waals surface area (Å²) in [6, 6.07) is 2.84. The third-order valence-electron chi connectivity index (χ3n) is 5.42. The zero-order valence-corrected chi connectivity index (χ0v) is 23.9. The Hall–Kier alpha value is -3.94. The fraction of sp³-hybridized carbons (Fsp3) is 0.519. The number of benzene rings is 1. The van der Waals surface area contributed by atoms with Crippen LogP contribution in [0.15, 0.2) is 24.5 Å². The van der Waals surface area contributed by atoms with Gasteiger partial charge in [0.05, 0.1) is 23.5 Å². The molecule has 1 aromatic carbocycles. The maximum Gasteiger partial charge on any atom is 0.416 e. The van der Waals surface area contributed by atoms with E-state index >= 15 is 0 Å². The van der Waals surface area contributed by atoms with Crippen molar-refractivity contribution in [2.24, 2.45) is 5.73 Å². The fourth-order valence-corrected chi connectivity index (χ4v) is 3.45. The molecular formula is C27H37F3N6O5. The van der Waals surface area contributed by atoms with Crippen molar-refractivity contribution in [3.05, 3.63) is 41.5 Å². The smallest absolute Gasteiger partial charge is 0.416 e. The Morgan fingerprint density at radius 2 is 1.66 bits per heavy atom. The number of aryl methyl sites for hydroxylation is 1. The summed E-state index contributed by atoms with van der Waals surface area (Å²) < 4.78 is 52.6. The molecule has 2 aromatic rings. The van der Waals surface area contributed by atoms with Crippen molar-refractivity contribution in [2.75, 3.05) is 37.4 Å². The average Bonchev–Trinajstić information content (AvgIpc) is 2.85. The topological polar surface area (TPSA) is 149 Å². The van der Waals surface area contributed by atoms with E-state index in [1.807, 2.05) is 0 Å². The molecule has 3 amide bonds. The normalized spacial score (nSPS) is 11.5. The molecule has 14 heteroatoms. The largest absolute Gasteiger partial charge is 0.489 e. The monoisotopic (exact) mass is 582 g/mol. The van der Waals surface area contributed by atoms with E-state index in [4.69, 9.17) is 15.2 Å². The van der Waals surface area contributed by atoms with E-state index in [1.54, 1.807) is 27.7 Å². The summed E-state index contributed by atoms with van der Waals surface area (Å²) in [5, 5.41) is 4.89. The number of nitrogens with zero attached hydrogens (tertiary/aromatic N) is 3. The van der Waals surface area contributed by atoms with Crippen molar-refractivity contribution in [1.29, 1.82) is 0 Å². The van der Waals surface area contributed by atoms with E-state index in [0.29, 0.717) is 25.1 Å². The summed E-state index contributed by atoms with van der Waals surface area (Å²) in [7, 11) is 1.54. The van der Waals surface area contributed by atoms with Crippen LogP contribution in [0, 0.1) is 6.92 Å². The van der Waals surface area contributed by atoms with Gasteiger partial charge in [-0.25, -0.2) is 14.8 Å². The predicted molar refractivity (Wildman–Crippen MR) is 147 cm³/mol. The van der Waals surface area contributed by atoms with Gasteiger partial charge in [-0.3, -0.25) is 9.59 Å². The third kappa shape index (κ3) is 11.2. The molecule has 41 heavy (non-hydrogen) atoms. The van der Waals surface area contributed by atoms with Gasteiger partial charge in [0.1, 0.15) is 17.6 Å². The predicted octanol–water partition coefficient (Wildman–Crippen LogP) is 4.76. The second-order valence-corrected chi connectivity index (χ2v) is 10.3. The lowest BCUT2D eigenvalue weighted by atomic mass is 10.1. The van der Waals surface area contributed by atoms with Gasteiger partial charge in [-0.05, 0) is 71.7 Å². The van der Waals surface area contributed by atoms with Crippen LogP contribution in [0.2, 0.25) is 0 Å². The van der Waals surface area contributed by atoms with Crippen LogP contribution < -0.4 is 21.1 Å². The van der Waals surface area contributed by atoms with E-state index in [9.17, 15) is 27.6 Å². The number of unbranched alkanes of at least 4 members (excludes halogenated alkanes) is 1. The Morgan fingerprint density at radius 3 is 2.24 bits per heavy atom. The number of carbonyl (C=O) groups is 3. The van der Waals surface area contributed by atoms with Crippen LogP contribution in [0.4, 0.5) is 29.3 Å². The molecule has 0 unspecified atom stereocenters. The number of rotatable bonds is 12. The van der Waals surface area contributed by atoms with Gasteiger partial charge in [-0.15, -0.1) is 0 Å². The summed E-state index contributed by atoms with van der Waals surface area (Å²) in [4.78, 5) is 46.8. The molecule has 0 aliphatic rings. The van der Waals surface area contributed by atoms with Gasteiger partial charge in [0.15, 0.2) is 5.75 Å². The van der Waals surface area contributed by atoms with E-state index in [1.165, 1.54) is 18.0 Å². The van der Waals surface area contributed by atoms with Crippen molar-refractivity contribution in [2.45, 2.75) is 65.2 Å². The Balaban J connectivity index is 2.37. The van der Waals surface area contributed by atoms with Crippen LogP contribution in [0.5, 0.6) is 5.75 Å². The number of ether oxygens (including phenoxy) is 2. The molecule has 226 valence electrons. The van der Waals surface area contributed by atoms with Crippen LogP contribution in [0.25, 0.3) is 0 Å². The van der Waals surface area contributed by atoms with Crippen LogP contribution in [-0.2, 0) is 15.7 Å². The molecule has 1 heterocycles. The van der Waals surface area contributed by atoms with Crippen molar-refractivity contribution in [1.82, 2.24) is 14.9 Å². The Kier molecular flexibility index (Phi) is 11.9. The highest BCUT2D eigenvalue weighted by Gasteiger charge is 2.33. The number of nitrogens with one attached hydrogen (secondary N) is 2. The maximum atomic E-state index is 13.8. The summed E-state index contributed by atoms with van der Waals surface area (Å²) in [6.45, 7) is 7.33. The molecule has 0 aliphatic heterocycles. The molecule has 0 spiro atoms. The second kappa shape index (κ2) is 14.6. The van der Waals surface area contributed by atoms with Gasteiger partial charge in [-0.1, -0.05) is 0 Å². The summed E-state index contributed by atoms with van der Waals surface area (Å²) in [5.41, 5.74) is 3.47. The van der Waals surface area contributed by atoms with Crippen LogP contribution >= 0.6 is 0 Å². The van der Waals surface area contributed by atoms with E-state index in [-0.39, 0.29) is 48.8 Å². The second-order valence-electron chi connectivity index (χ2n) is 10.3.